The van der Waals surface area contributed by atoms with Gasteiger partial charge in [0, 0.05) is 12.8 Å². The first-order valence-corrected chi connectivity index (χ1v) is 12.4. The molecular weight excluding hydrogens is 516 g/mol. The number of hydrogen-bond acceptors (Lipinski definition) is 8. The lowest BCUT2D eigenvalue weighted by molar-refractivity contribution is -0.144. The Morgan fingerprint density at radius 1 is 0.795 bits per heavy atom. The summed E-state index contributed by atoms with van der Waals surface area (Å²) < 4.78 is 0. The molecule has 1 aromatic rings. The average Bonchev–Trinajstić information content (AvgIpc) is 2.87. The lowest BCUT2D eigenvalue weighted by atomic mass is 9.96. The van der Waals surface area contributed by atoms with Crippen molar-refractivity contribution in [2.75, 3.05) is 0 Å². The topological polar surface area (TPSA) is 245 Å². The van der Waals surface area contributed by atoms with E-state index in [0.29, 0.717) is 12.0 Å². The van der Waals surface area contributed by atoms with Crippen LogP contribution >= 0.6 is 0 Å². The van der Waals surface area contributed by atoms with Crippen molar-refractivity contribution in [3.8, 4) is 5.75 Å². The zero-order valence-electron chi connectivity index (χ0n) is 21.8. The average molecular weight is 553 g/mol. The first-order chi connectivity index (χ1) is 18.2. The maximum Gasteiger partial charge on any atom is 0.326 e. The number of phenolic OH excluding ortho intramolecular Hbond substituents is 1. The molecule has 0 saturated heterocycles. The molecule has 9 N–H and O–H groups in total. The summed E-state index contributed by atoms with van der Waals surface area (Å²) >= 11 is 0. The van der Waals surface area contributed by atoms with Crippen LogP contribution in [0.5, 0.6) is 5.75 Å². The third-order valence-electron chi connectivity index (χ3n) is 6.06. The molecule has 5 unspecified atom stereocenters. The highest BCUT2D eigenvalue weighted by atomic mass is 16.4. The first kappa shape index (κ1) is 32.8. The SMILES string of the molecule is CCC(C)C(NC(=O)C(N)Cc1ccc(O)cc1)C(=O)NC(CCC(=O)O)C(=O)NC(CCC(=O)O)C(=O)O. The molecule has 5 atom stereocenters. The van der Waals surface area contributed by atoms with Gasteiger partial charge in [-0.25, -0.2) is 4.79 Å². The number of phenols is 1. The normalized spacial score (nSPS) is 14.6. The highest BCUT2D eigenvalue weighted by molar-refractivity contribution is 5.94. The van der Waals surface area contributed by atoms with Crippen LogP contribution in [0.2, 0.25) is 0 Å². The first-order valence-electron chi connectivity index (χ1n) is 12.4. The number of aliphatic carboxylic acids is 3. The van der Waals surface area contributed by atoms with Crippen molar-refractivity contribution >= 4 is 35.6 Å². The summed E-state index contributed by atoms with van der Waals surface area (Å²) in [4.78, 5) is 72.2. The molecule has 0 aliphatic rings. The summed E-state index contributed by atoms with van der Waals surface area (Å²) in [5, 5.41) is 43.7. The van der Waals surface area contributed by atoms with Crippen LogP contribution in [0, 0.1) is 5.92 Å². The van der Waals surface area contributed by atoms with Crippen molar-refractivity contribution in [3.05, 3.63) is 29.8 Å². The molecule has 0 fully saturated rings. The predicted octanol–water partition coefficient (Wildman–Crippen LogP) is -0.423. The molecule has 0 heterocycles. The van der Waals surface area contributed by atoms with E-state index >= 15 is 0 Å². The highest BCUT2D eigenvalue weighted by Gasteiger charge is 2.32. The van der Waals surface area contributed by atoms with Crippen molar-refractivity contribution in [3.63, 3.8) is 0 Å². The minimum Gasteiger partial charge on any atom is -0.508 e. The van der Waals surface area contributed by atoms with Gasteiger partial charge in [-0.1, -0.05) is 32.4 Å². The molecule has 0 saturated carbocycles. The van der Waals surface area contributed by atoms with Gasteiger partial charge in [0.15, 0.2) is 0 Å². The molecule has 0 spiro atoms. The van der Waals surface area contributed by atoms with Crippen LogP contribution in [0.15, 0.2) is 24.3 Å². The van der Waals surface area contributed by atoms with Crippen LogP contribution in [-0.4, -0.2) is 80.2 Å². The van der Waals surface area contributed by atoms with Gasteiger partial charge in [-0.2, -0.15) is 0 Å². The van der Waals surface area contributed by atoms with Crippen molar-refractivity contribution in [1.29, 1.82) is 0 Å². The maximum atomic E-state index is 13.2. The fraction of sp³-hybridized carbons (Fsp3) is 0.520. The van der Waals surface area contributed by atoms with Gasteiger partial charge in [-0.15, -0.1) is 0 Å². The molecule has 14 heteroatoms. The largest absolute Gasteiger partial charge is 0.508 e. The number of carboxylic acids is 3. The number of nitrogens with two attached hydrogens (primary N) is 1. The third-order valence-corrected chi connectivity index (χ3v) is 6.06. The summed E-state index contributed by atoms with van der Waals surface area (Å²) in [6.07, 6.45) is -1.36. The van der Waals surface area contributed by atoms with Gasteiger partial charge in [-0.05, 0) is 42.9 Å². The Kier molecular flexibility index (Phi) is 13.4. The Hall–Kier alpha value is -4.20. The molecule has 1 rings (SSSR count). The summed E-state index contributed by atoms with van der Waals surface area (Å²) in [5.41, 5.74) is 6.68. The molecule has 1 aromatic carbocycles. The summed E-state index contributed by atoms with van der Waals surface area (Å²) in [6.45, 7) is 3.44. The Labute approximate surface area is 225 Å². The Bertz CT molecular complexity index is 1030. The molecule has 0 aliphatic carbocycles. The van der Waals surface area contributed by atoms with Crippen LogP contribution in [0.1, 0.15) is 51.5 Å². The molecule has 0 radical (unpaired) electrons. The lowest BCUT2D eigenvalue weighted by Gasteiger charge is -2.28. The summed E-state index contributed by atoms with van der Waals surface area (Å²) in [6, 6.07) is 0.793. The lowest BCUT2D eigenvalue weighted by Crippen LogP contribution is -2.58. The summed E-state index contributed by atoms with van der Waals surface area (Å²) in [7, 11) is 0. The molecule has 39 heavy (non-hydrogen) atoms. The van der Waals surface area contributed by atoms with E-state index in [-0.39, 0.29) is 18.6 Å². The van der Waals surface area contributed by atoms with E-state index in [2.05, 4.69) is 16.0 Å². The second-order valence-electron chi connectivity index (χ2n) is 9.17. The van der Waals surface area contributed by atoms with Gasteiger partial charge in [0.25, 0.3) is 0 Å². The third kappa shape index (κ3) is 11.8. The van der Waals surface area contributed by atoms with Gasteiger partial charge in [0.05, 0.1) is 6.04 Å². The Morgan fingerprint density at radius 2 is 1.31 bits per heavy atom. The number of aromatic hydroxyl groups is 1. The standard InChI is InChI=1S/C25H36N4O10/c1-3-13(2)21(29-22(35)16(26)12-14-4-6-15(30)7-5-14)24(37)27-17(8-10-19(31)32)23(36)28-18(25(38)39)9-11-20(33)34/h4-7,13,16-18,21,30H,3,8-12,26H2,1-2H3,(H,27,37)(H,28,36)(H,29,35)(H,31,32)(H,33,34)(H,38,39). The second kappa shape index (κ2) is 15.9. The second-order valence-corrected chi connectivity index (χ2v) is 9.17. The van der Waals surface area contributed by atoms with Crippen LogP contribution < -0.4 is 21.7 Å². The van der Waals surface area contributed by atoms with Gasteiger partial charge in [0.1, 0.15) is 23.9 Å². The van der Waals surface area contributed by atoms with Gasteiger partial charge in [0.2, 0.25) is 17.7 Å². The number of amides is 3. The molecule has 3 amide bonds. The zero-order valence-corrected chi connectivity index (χ0v) is 21.8. The molecular formula is C25H36N4O10. The smallest absolute Gasteiger partial charge is 0.326 e. The van der Waals surface area contributed by atoms with E-state index < -0.39 is 85.0 Å². The van der Waals surface area contributed by atoms with E-state index in [1.54, 1.807) is 26.0 Å². The molecule has 0 bridgehead atoms. The van der Waals surface area contributed by atoms with E-state index in [1.165, 1.54) is 12.1 Å². The van der Waals surface area contributed by atoms with Gasteiger partial charge < -0.3 is 42.1 Å². The minimum absolute atomic E-state index is 0.0447. The minimum atomic E-state index is -1.58. The van der Waals surface area contributed by atoms with Crippen LogP contribution in [0.4, 0.5) is 0 Å². The van der Waals surface area contributed by atoms with Crippen molar-refractivity contribution in [2.45, 2.75) is 76.5 Å². The maximum absolute atomic E-state index is 13.2. The van der Waals surface area contributed by atoms with Crippen LogP contribution in [-0.2, 0) is 35.2 Å². The fourth-order valence-corrected chi connectivity index (χ4v) is 3.54. The van der Waals surface area contributed by atoms with E-state index in [1.807, 2.05) is 0 Å². The van der Waals surface area contributed by atoms with E-state index in [9.17, 15) is 39.0 Å². The van der Waals surface area contributed by atoms with Crippen molar-refractivity contribution in [1.82, 2.24) is 16.0 Å². The van der Waals surface area contributed by atoms with Crippen LogP contribution in [0.25, 0.3) is 0 Å². The van der Waals surface area contributed by atoms with Crippen molar-refractivity contribution < 1.29 is 49.2 Å². The molecule has 0 aliphatic heterocycles. The predicted molar refractivity (Wildman–Crippen MR) is 136 cm³/mol. The summed E-state index contributed by atoms with van der Waals surface area (Å²) in [5.74, 6) is -6.91. The monoisotopic (exact) mass is 552 g/mol. The van der Waals surface area contributed by atoms with Crippen molar-refractivity contribution in [2.24, 2.45) is 11.7 Å². The van der Waals surface area contributed by atoms with Gasteiger partial charge >= 0.3 is 17.9 Å². The van der Waals surface area contributed by atoms with Gasteiger partial charge in [-0.3, -0.25) is 24.0 Å². The zero-order chi connectivity index (χ0) is 29.7. The molecule has 0 aromatic heterocycles. The molecule has 216 valence electrons. The Morgan fingerprint density at radius 3 is 1.79 bits per heavy atom. The van der Waals surface area contributed by atoms with E-state index in [4.69, 9.17) is 15.9 Å². The highest BCUT2D eigenvalue weighted by Crippen LogP contribution is 2.13. The Balaban J connectivity index is 3.02. The molecule has 14 nitrogen and oxygen atoms in total. The fourth-order valence-electron chi connectivity index (χ4n) is 3.54. The number of benzene rings is 1. The number of rotatable bonds is 17. The quantitative estimate of drug-likeness (QED) is 0.123. The van der Waals surface area contributed by atoms with E-state index in [0.717, 1.165) is 0 Å². The number of carboxylic acid groups (broad SMARTS) is 3. The number of carbonyl (C=O) groups is 6. The van der Waals surface area contributed by atoms with Crippen LogP contribution in [0.3, 0.4) is 0 Å². The number of nitrogens with one attached hydrogen (secondary N) is 3. The number of hydrogen-bond donors (Lipinski definition) is 8. The number of carbonyl (C=O) groups excluding carboxylic acids is 3.